The molecule has 0 radical (unpaired) electrons. The number of benzene rings is 1. The summed E-state index contributed by atoms with van der Waals surface area (Å²) in [6.45, 7) is 3.00. The van der Waals surface area contributed by atoms with Gasteiger partial charge in [-0.15, -0.1) is 11.3 Å². The van der Waals surface area contributed by atoms with Crippen molar-refractivity contribution < 1.29 is 4.79 Å². The van der Waals surface area contributed by atoms with Crippen LogP contribution in [0.25, 0.3) is 0 Å². The number of hydrogen-bond acceptors (Lipinski definition) is 6. The van der Waals surface area contributed by atoms with E-state index >= 15 is 0 Å². The summed E-state index contributed by atoms with van der Waals surface area (Å²) in [6.07, 6.45) is 2.13. The fourth-order valence-corrected chi connectivity index (χ4v) is 5.61. The van der Waals surface area contributed by atoms with Crippen molar-refractivity contribution >= 4 is 58.0 Å². The third kappa shape index (κ3) is 5.46. The summed E-state index contributed by atoms with van der Waals surface area (Å²) < 4.78 is 0.934. The van der Waals surface area contributed by atoms with Gasteiger partial charge in [0.05, 0.1) is 12.1 Å². The van der Waals surface area contributed by atoms with E-state index in [1.54, 1.807) is 35.4 Å². The van der Waals surface area contributed by atoms with Crippen LogP contribution in [-0.4, -0.2) is 47.0 Å². The summed E-state index contributed by atoms with van der Waals surface area (Å²) in [5.41, 5.74) is 1.84. The first-order chi connectivity index (χ1) is 14.6. The monoisotopic (exact) mass is 478 g/mol. The average Bonchev–Trinajstić information content (AvgIpc) is 3.21. The Hall–Kier alpha value is -1.80. The van der Waals surface area contributed by atoms with E-state index in [9.17, 15) is 4.79 Å². The van der Waals surface area contributed by atoms with Crippen molar-refractivity contribution in [2.24, 2.45) is 0 Å². The molecule has 0 saturated carbocycles. The fraction of sp³-hybridized carbons (Fsp3) is 0.286. The van der Waals surface area contributed by atoms with Gasteiger partial charge >= 0.3 is 0 Å². The fourth-order valence-electron chi connectivity index (χ4n) is 3.21. The molecule has 1 fully saturated rings. The summed E-state index contributed by atoms with van der Waals surface area (Å²) in [5, 5.41) is 3.25. The minimum atomic E-state index is 0.123. The van der Waals surface area contributed by atoms with Gasteiger partial charge in [0.25, 0.3) is 0 Å². The molecule has 3 aromatic rings. The van der Waals surface area contributed by atoms with Gasteiger partial charge in [0, 0.05) is 53.6 Å². The van der Waals surface area contributed by atoms with Gasteiger partial charge in [0.15, 0.2) is 0 Å². The van der Waals surface area contributed by atoms with Crippen molar-refractivity contribution in [2.45, 2.75) is 16.5 Å². The summed E-state index contributed by atoms with van der Waals surface area (Å²) in [7, 11) is 0. The standard InChI is InChI=1S/C21H20Cl2N4OS2/c22-16-5-4-15(18(23)11-16)13-29-21-25-17(14-30-21)12-20(28)27-9-7-26(8-10-27)19-3-1-2-6-24-19/h1-6,11,14H,7-10,12-13H2. The lowest BCUT2D eigenvalue weighted by Gasteiger charge is -2.35. The Bertz CT molecular complexity index is 1010. The second kappa shape index (κ2) is 10.0. The van der Waals surface area contributed by atoms with Gasteiger partial charge in [-0.2, -0.15) is 0 Å². The Morgan fingerprint density at radius 3 is 2.70 bits per heavy atom. The van der Waals surface area contributed by atoms with E-state index in [1.807, 2.05) is 40.6 Å². The molecule has 1 saturated heterocycles. The van der Waals surface area contributed by atoms with E-state index in [-0.39, 0.29) is 5.91 Å². The van der Waals surface area contributed by atoms with Crippen molar-refractivity contribution in [1.82, 2.24) is 14.9 Å². The normalized spacial score (nSPS) is 14.2. The van der Waals surface area contributed by atoms with Gasteiger partial charge in [0.2, 0.25) is 5.91 Å². The highest BCUT2D eigenvalue weighted by molar-refractivity contribution is 8.00. The molecule has 4 rings (SSSR count). The zero-order chi connectivity index (χ0) is 20.9. The minimum Gasteiger partial charge on any atom is -0.353 e. The molecule has 1 amide bonds. The van der Waals surface area contributed by atoms with E-state index in [2.05, 4.69) is 14.9 Å². The van der Waals surface area contributed by atoms with Crippen LogP contribution in [0, 0.1) is 0 Å². The van der Waals surface area contributed by atoms with Crippen molar-refractivity contribution in [2.75, 3.05) is 31.1 Å². The van der Waals surface area contributed by atoms with Gasteiger partial charge in [-0.3, -0.25) is 4.79 Å². The number of anilines is 1. The van der Waals surface area contributed by atoms with Gasteiger partial charge < -0.3 is 9.80 Å². The van der Waals surface area contributed by atoms with E-state index in [1.165, 1.54) is 0 Å². The summed E-state index contributed by atoms with van der Waals surface area (Å²) >= 11 is 15.4. The highest BCUT2D eigenvalue weighted by atomic mass is 35.5. The molecule has 1 aliphatic rings. The lowest BCUT2D eigenvalue weighted by Crippen LogP contribution is -2.49. The lowest BCUT2D eigenvalue weighted by molar-refractivity contribution is -0.130. The maximum absolute atomic E-state index is 12.7. The molecule has 3 heterocycles. The third-order valence-corrected chi connectivity index (χ3v) is 7.54. The molecule has 5 nitrogen and oxygen atoms in total. The second-order valence-electron chi connectivity index (χ2n) is 6.86. The Morgan fingerprint density at radius 2 is 1.97 bits per heavy atom. The van der Waals surface area contributed by atoms with Crippen LogP contribution in [0.5, 0.6) is 0 Å². The summed E-state index contributed by atoms with van der Waals surface area (Å²) in [5.74, 6) is 1.80. The predicted octanol–water partition coefficient (Wildman–Crippen LogP) is 5.03. The third-order valence-electron chi connectivity index (χ3n) is 4.83. The number of nitrogens with zero attached hydrogens (tertiary/aromatic N) is 4. The van der Waals surface area contributed by atoms with E-state index in [0.717, 1.165) is 34.5 Å². The maximum Gasteiger partial charge on any atom is 0.228 e. The molecule has 156 valence electrons. The predicted molar refractivity (Wildman–Crippen MR) is 125 cm³/mol. The highest BCUT2D eigenvalue weighted by Gasteiger charge is 2.22. The first-order valence-electron chi connectivity index (χ1n) is 9.53. The molecule has 0 N–H and O–H groups in total. The zero-order valence-electron chi connectivity index (χ0n) is 16.1. The molecule has 2 aromatic heterocycles. The highest BCUT2D eigenvalue weighted by Crippen LogP contribution is 2.30. The van der Waals surface area contributed by atoms with Crippen molar-refractivity contribution in [3.63, 3.8) is 0 Å². The number of thiazole rings is 1. The van der Waals surface area contributed by atoms with Crippen LogP contribution >= 0.6 is 46.3 Å². The number of rotatable bonds is 6. The molecular weight excluding hydrogens is 459 g/mol. The minimum absolute atomic E-state index is 0.123. The van der Waals surface area contributed by atoms with Crippen LogP contribution in [0.15, 0.2) is 52.3 Å². The van der Waals surface area contributed by atoms with Crippen LogP contribution in [0.3, 0.4) is 0 Å². The first kappa shape index (κ1) is 21.4. The average molecular weight is 479 g/mol. The molecule has 1 aromatic carbocycles. The van der Waals surface area contributed by atoms with Crippen LogP contribution in [-0.2, 0) is 17.0 Å². The first-order valence-corrected chi connectivity index (χ1v) is 12.2. The lowest BCUT2D eigenvalue weighted by atomic mass is 10.2. The second-order valence-corrected chi connectivity index (χ2v) is 9.79. The number of carbonyl (C=O) groups excluding carboxylic acids is 1. The number of aromatic nitrogens is 2. The Labute approximate surface area is 194 Å². The van der Waals surface area contributed by atoms with Gasteiger partial charge in [-0.05, 0) is 29.8 Å². The smallest absolute Gasteiger partial charge is 0.228 e. The Kier molecular flexibility index (Phi) is 7.15. The van der Waals surface area contributed by atoms with E-state index in [4.69, 9.17) is 23.2 Å². The number of thioether (sulfide) groups is 1. The maximum atomic E-state index is 12.7. The molecule has 0 atom stereocenters. The number of hydrogen-bond donors (Lipinski definition) is 0. The molecule has 9 heteroatoms. The van der Waals surface area contributed by atoms with Crippen molar-refractivity contribution in [3.8, 4) is 0 Å². The number of pyridine rings is 1. The largest absolute Gasteiger partial charge is 0.353 e. The SMILES string of the molecule is O=C(Cc1csc(SCc2ccc(Cl)cc2Cl)n1)N1CCN(c2ccccn2)CC1. The number of halogens is 2. The van der Waals surface area contributed by atoms with E-state index < -0.39 is 0 Å². The quantitative estimate of drug-likeness (QED) is 0.465. The van der Waals surface area contributed by atoms with Crippen LogP contribution in [0.4, 0.5) is 5.82 Å². The number of carbonyl (C=O) groups is 1. The molecule has 30 heavy (non-hydrogen) atoms. The van der Waals surface area contributed by atoms with Gasteiger partial charge in [-0.1, -0.05) is 47.1 Å². The molecule has 0 unspecified atom stereocenters. The molecule has 0 aliphatic carbocycles. The zero-order valence-corrected chi connectivity index (χ0v) is 19.3. The van der Waals surface area contributed by atoms with Crippen molar-refractivity contribution in [1.29, 1.82) is 0 Å². The molecule has 0 spiro atoms. The molecule has 0 bridgehead atoms. The topological polar surface area (TPSA) is 49.3 Å². The van der Waals surface area contributed by atoms with Crippen LogP contribution < -0.4 is 4.90 Å². The van der Waals surface area contributed by atoms with Crippen LogP contribution in [0.1, 0.15) is 11.3 Å². The van der Waals surface area contributed by atoms with Gasteiger partial charge in [0.1, 0.15) is 10.2 Å². The van der Waals surface area contributed by atoms with Crippen molar-refractivity contribution in [3.05, 3.63) is 69.3 Å². The molecule has 1 aliphatic heterocycles. The van der Waals surface area contributed by atoms with E-state index in [0.29, 0.717) is 35.3 Å². The Morgan fingerprint density at radius 1 is 1.13 bits per heavy atom. The van der Waals surface area contributed by atoms with Crippen LogP contribution in [0.2, 0.25) is 10.0 Å². The number of amides is 1. The number of piperazine rings is 1. The summed E-state index contributed by atoms with van der Waals surface area (Å²) in [6, 6.07) is 11.4. The van der Waals surface area contributed by atoms with Gasteiger partial charge in [-0.25, -0.2) is 9.97 Å². The summed E-state index contributed by atoms with van der Waals surface area (Å²) in [4.78, 5) is 25.8. The molecular formula is C21H20Cl2N4OS2. The Balaban J connectivity index is 1.27.